The molecule has 1 spiro atoms. The molecule has 2 atom stereocenters. The second kappa shape index (κ2) is 12.3. The minimum atomic E-state index is -2.97. The molecule has 2 aliphatic carbocycles. The Morgan fingerprint density at radius 1 is 1.04 bits per heavy atom. The number of anilines is 1. The lowest BCUT2D eigenvalue weighted by atomic mass is 9.68. The Labute approximate surface area is 283 Å². The van der Waals surface area contributed by atoms with Crippen LogP contribution < -0.4 is 9.64 Å². The van der Waals surface area contributed by atoms with Crippen molar-refractivity contribution in [2.45, 2.75) is 75.6 Å². The van der Waals surface area contributed by atoms with E-state index >= 15 is 0 Å². The Morgan fingerprint density at radius 2 is 1.85 bits per heavy atom. The zero-order valence-corrected chi connectivity index (χ0v) is 28.9. The van der Waals surface area contributed by atoms with E-state index in [9.17, 15) is 12.8 Å². The van der Waals surface area contributed by atoms with Gasteiger partial charge in [0, 0.05) is 68.2 Å². The van der Waals surface area contributed by atoms with Crippen molar-refractivity contribution in [3.8, 4) is 22.9 Å². The molecule has 2 aromatic heterocycles. The fourth-order valence-corrected chi connectivity index (χ4v) is 10.1. The number of sulfone groups is 1. The van der Waals surface area contributed by atoms with E-state index < -0.39 is 9.84 Å². The molecular formula is C36H46FN7O3S. The second-order valence-corrected chi connectivity index (χ2v) is 17.8. The van der Waals surface area contributed by atoms with Gasteiger partial charge in [-0.3, -0.25) is 14.8 Å². The van der Waals surface area contributed by atoms with Gasteiger partial charge in [-0.05, 0) is 92.7 Å². The Morgan fingerprint density at radius 3 is 2.58 bits per heavy atom. The molecular weight excluding hydrogens is 630 g/mol. The van der Waals surface area contributed by atoms with E-state index in [4.69, 9.17) is 4.74 Å². The van der Waals surface area contributed by atoms with E-state index in [1.807, 2.05) is 6.07 Å². The third kappa shape index (κ3) is 6.08. The molecule has 12 heteroatoms. The molecule has 2 saturated carbocycles. The lowest BCUT2D eigenvalue weighted by molar-refractivity contribution is -0.0782. The Bertz CT molecular complexity index is 1770. The zero-order chi connectivity index (χ0) is 33.2. The number of hydrogen-bond donors (Lipinski definition) is 0. The molecule has 10 nitrogen and oxygen atoms in total. The maximum Gasteiger partial charge on any atom is 0.282 e. The minimum Gasteiger partial charge on any atom is -0.434 e. The average molecular weight is 676 g/mol. The van der Waals surface area contributed by atoms with Crippen LogP contribution >= 0.6 is 0 Å². The first-order valence-electron chi connectivity index (χ1n) is 17.6. The average Bonchev–Trinajstić information content (AvgIpc) is 3.57. The first kappa shape index (κ1) is 32.0. The van der Waals surface area contributed by atoms with Crippen molar-refractivity contribution in [1.82, 2.24) is 30.0 Å². The summed E-state index contributed by atoms with van der Waals surface area (Å²) in [7, 11) is -2.97. The highest BCUT2D eigenvalue weighted by molar-refractivity contribution is 7.91. The molecule has 0 amide bonds. The van der Waals surface area contributed by atoms with Crippen molar-refractivity contribution in [3.05, 3.63) is 54.2 Å². The van der Waals surface area contributed by atoms with Crippen molar-refractivity contribution >= 4 is 15.7 Å². The smallest absolute Gasteiger partial charge is 0.282 e. The topological polar surface area (TPSA) is 105 Å². The van der Waals surface area contributed by atoms with Crippen LogP contribution in [0.4, 0.5) is 10.2 Å². The van der Waals surface area contributed by atoms with E-state index in [1.165, 1.54) is 24.7 Å². The van der Waals surface area contributed by atoms with Gasteiger partial charge in [-0.15, -0.1) is 10.2 Å². The summed E-state index contributed by atoms with van der Waals surface area (Å²) in [5, 5.41) is 8.22. The molecule has 0 radical (unpaired) electrons. The highest BCUT2D eigenvalue weighted by Crippen LogP contribution is 2.49. The van der Waals surface area contributed by atoms with Gasteiger partial charge in [-0.25, -0.2) is 17.8 Å². The van der Waals surface area contributed by atoms with Gasteiger partial charge in [0.1, 0.15) is 17.9 Å². The second-order valence-electron chi connectivity index (χ2n) is 15.5. The van der Waals surface area contributed by atoms with Gasteiger partial charge in [0.05, 0.1) is 10.9 Å². The summed E-state index contributed by atoms with van der Waals surface area (Å²) in [6.45, 7) is 10.2. The maximum absolute atomic E-state index is 14.6. The largest absolute Gasteiger partial charge is 0.434 e. The van der Waals surface area contributed by atoms with Gasteiger partial charge in [0.15, 0.2) is 15.7 Å². The Kier molecular flexibility index (Phi) is 8.19. The SMILES string of the molecule is CC(C)[C@H](C1CC(N2CC[C@H](S(C)(=O)=O)C2)C1)N1CC2(CCN(c3ncnnc3Oc3ccc(F)cc3-c3ncccc3C3CC3)C2)C1. The van der Waals surface area contributed by atoms with Crippen LogP contribution in [-0.2, 0) is 9.84 Å². The highest BCUT2D eigenvalue weighted by Gasteiger charge is 2.53. The monoisotopic (exact) mass is 675 g/mol. The summed E-state index contributed by atoms with van der Waals surface area (Å²) in [6.07, 6.45) is 11.0. The number of likely N-dealkylation sites (tertiary alicyclic amines) is 2. The van der Waals surface area contributed by atoms with Gasteiger partial charge in [0.2, 0.25) is 0 Å². The third-order valence-electron chi connectivity index (χ3n) is 11.7. The van der Waals surface area contributed by atoms with Crippen LogP contribution in [0, 0.1) is 23.1 Å². The fourth-order valence-electron chi connectivity index (χ4n) is 9.09. The minimum absolute atomic E-state index is 0.199. The van der Waals surface area contributed by atoms with E-state index in [1.54, 1.807) is 12.3 Å². The summed E-state index contributed by atoms with van der Waals surface area (Å²) >= 11 is 0. The van der Waals surface area contributed by atoms with Crippen LogP contribution in [-0.4, -0.2) is 101 Å². The molecule has 256 valence electrons. The molecule has 0 unspecified atom stereocenters. The summed E-state index contributed by atoms with van der Waals surface area (Å²) in [6, 6.07) is 9.61. The molecule has 3 saturated heterocycles. The zero-order valence-electron chi connectivity index (χ0n) is 28.1. The van der Waals surface area contributed by atoms with Crippen LogP contribution in [0.5, 0.6) is 11.6 Å². The number of rotatable bonds is 10. The number of pyridine rings is 1. The molecule has 3 aliphatic heterocycles. The van der Waals surface area contributed by atoms with Crippen LogP contribution in [0.2, 0.25) is 0 Å². The van der Waals surface area contributed by atoms with Gasteiger partial charge in [-0.2, -0.15) is 0 Å². The maximum atomic E-state index is 14.6. The third-order valence-corrected chi connectivity index (χ3v) is 13.3. The van der Waals surface area contributed by atoms with Gasteiger partial charge >= 0.3 is 0 Å². The highest BCUT2D eigenvalue weighted by atomic mass is 32.2. The van der Waals surface area contributed by atoms with Crippen molar-refractivity contribution in [2.24, 2.45) is 17.3 Å². The summed E-state index contributed by atoms with van der Waals surface area (Å²) in [4.78, 5) is 16.7. The molecule has 5 fully saturated rings. The number of nitrogens with zero attached hydrogens (tertiary/aromatic N) is 7. The summed E-state index contributed by atoms with van der Waals surface area (Å²) in [5.41, 5.74) is 2.68. The van der Waals surface area contributed by atoms with Crippen molar-refractivity contribution < 1.29 is 17.5 Å². The molecule has 0 bridgehead atoms. The van der Waals surface area contributed by atoms with E-state index in [0.717, 1.165) is 82.5 Å². The van der Waals surface area contributed by atoms with Crippen molar-refractivity contribution in [2.75, 3.05) is 50.4 Å². The normalized spacial score (nSPS) is 26.5. The fraction of sp³-hybridized carbons (Fsp3) is 0.611. The quantitative estimate of drug-likeness (QED) is 0.286. The van der Waals surface area contributed by atoms with Crippen LogP contribution in [0.15, 0.2) is 42.9 Å². The Hall–Kier alpha value is -3.22. The lowest BCUT2D eigenvalue weighted by Crippen LogP contribution is -2.65. The predicted molar refractivity (Wildman–Crippen MR) is 182 cm³/mol. The van der Waals surface area contributed by atoms with E-state index in [-0.39, 0.29) is 16.5 Å². The van der Waals surface area contributed by atoms with Gasteiger partial charge in [-0.1, -0.05) is 19.9 Å². The molecule has 48 heavy (non-hydrogen) atoms. The summed E-state index contributed by atoms with van der Waals surface area (Å²) in [5.74, 6) is 2.79. The van der Waals surface area contributed by atoms with Crippen molar-refractivity contribution in [1.29, 1.82) is 0 Å². The lowest BCUT2D eigenvalue weighted by Gasteiger charge is -2.57. The molecule has 5 heterocycles. The molecule has 8 rings (SSSR count). The number of hydrogen-bond acceptors (Lipinski definition) is 10. The van der Waals surface area contributed by atoms with Gasteiger partial charge < -0.3 is 9.64 Å². The molecule has 5 aliphatic rings. The number of benzene rings is 1. The van der Waals surface area contributed by atoms with Crippen LogP contribution in [0.3, 0.4) is 0 Å². The summed E-state index contributed by atoms with van der Waals surface area (Å²) < 4.78 is 45.2. The van der Waals surface area contributed by atoms with Crippen molar-refractivity contribution in [3.63, 3.8) is 0 Å². The first-order chi connectivity index (χ1) is 23.1. The number of aromatic nitrogens is 4. The Balaban J connectivity index is 0.931. The van der Waals surface area contributed by atoms with E-state index in [0.29, 0.717) is 59.4 Å². The van der Waals surface area contributed by atoms with Crippen LogP contribution in [0.25, 0.3) is 11.3 Å². The first-order valence-corrected chi connectivity index (χ1v) is 19.5. The van der Waals surface area contributed by atoms with E-state index in [2.05, 4.69) is 54.8 Å². The van der Waals surface area contributed by atoms with Gasteiger partial charge in [0.25, 0.3) is 5.88 Å². The predicted octanol–water partition coefficient (Wildman–Crippen LogP) is 5.18. The van der Waals surface area contributed by atoms with Crippen LogP contribution in [0.1, 0.15) is 63.9 Å². The number of halogens is 1. The molecule has 3 aromatic rings. The molecule has 1 aromatic carbocycles. The number of ether oxygens (including phenoxy) is 1. The molecule has 0 N–H and O–H groups in total. The standard InChI is InChI=1S/C36H46FN7O3S/c1-23(2)33(25-15-27(16-25)42-13-10-28(18-42)48(3,45)46)44-20-36(21-44)11-14-43(19-36)34-35(41-40-22-39-34)47-31-9-8-26(37)17-30(31)32-29(24-6-7-24)5-4-12-38-32/h4-5,8-9,12,17,22-25,27-28,33H,6-7,10-11,13-16,18-21H2,1-3H3/t25?,27?,28-,33+/m0/s1.